The van der Waals surface area contributed by atoms with Crippen molar-refractivity contribution in [1.82, 2.24) is 0 Å². The lowest BCUT2D eigenvalue weighted by molar-refractivity contribution is 0.0734. The minimum atomic E-state index is -0.485. The number of rotatable bonds is 2. The van der Waals surface area contributed by atoms with Crippen molar-refractivity contribution in [1.29, 1.82) is 0 Å². The highest BCUT2D eigenvalue weighted by Gasteiger charge is 2.11. The van der Waals surface area contributed by atoms with Crippen molar-refractivity contribution in [2.24, 2.45) is 0 Å². The largest absolute Gasteiger partial charge is 0.472 e. The molecule has 0 aliphatic heterocycles. The summed E-state index contributed by atoms with van der Waals surface area (Å²) in [6.07, 6.45) is 2.74. The highest BCUT2D eigenvalue weighted by atomic mass is 35.5. The van der Waals surface area contributed by atoms with E-state index < -0.39 is 5.97 Å². The molecular formula is C12H9ClO3. The Morgan fingerprint density at radius 2 is 2.19 bits per heavy atom. The smallest absolute Gasteiger partial charge is 0.346 e. The van der Waals surface area contributed by atoms with E-state index in [0.29, 0.717) is 16.3 Å². The van der Waals surface area contributed by atoms with Gasteiger partial charge in [0.05, 0.1) is 16.8 Å². The predicted molar refractivity (Wildman–Crippen MR) is 59.9 cm³/mol. The van der Waals surface area contributed by atoms with E-state index in [0.717, 1.165) is 5.56 Å². The standard InChI is InChI=1S/C12H9ClO3/c1-8-2-3-10(13)11(6-8)16-12(14)9-4-5-15-7-9/h2-7H,1H3. The Hall–Kier alpha value is -1.74. The summed E-state index contributed by atoms with van der Waals surface area (Å²) < 4.78 is 9.93. The zero-order valence-corrected chi connectivity index (χ0v) is 9.32. The zero-order valence-electron chi connectivity index (χ0n) is 8.57. The number of halogens is 1. The number of benzene rings is 1. The molecule has 0 fully saturated rings. The normalized spacial score (nSPS) is 10.1. The maximum absolute atomic E-state index is 11.6. The lowest BCUT2D eigenvalue weighted by Crippen LogP contribution is -2.07. The average molecular weight is 237 g/mol. The van der Waals surface area contributed by atoms with Crippen LogP contribution in [0, 0.1) is 6.92 Å². The monoisotopic (exact) mass is 236 g/mol. The Kier molecular flexibility index (Phi) is 2.97. The van der Waals surface area contributed by atoms with Crippen LogP contribution in [-0.4, -0.2) is 5.97 Å². The summed E-state index contributed by atoms with van der Waals surface area (Å²) in [5.74, 6) is -0.130. The van der Waals surface area contributed by atoms with Crippen molar-refractivity contribution in [3.63, 3.8) is 0 Å². The third-order valence-corrected chi connectivity index (χ3v) is 2.36. The van der Waals surface area contributed by atoms with Gasteiger partial charge in [0.1, 0.15) is 12.0 Å². The second-order valence-electron chi connectivity index (χ2n) is 3.34. The SMILES string of the molecule is Cc1ccc(Cl)c(OC(=O)c2ccoc2)c1. The molecule has 1 aromatic heterocycles. The van der Waals surface area contributed by atoms with Crippen LogP contribution in [0.15, 0.2) is 41.2 Å². The van der Waals surface area contributed by atoms with Gasteiger partial charge in [0.25, 0.3) is 0 Å². The van der Waals surface area contributed by atoms with Gasteiger partial charge in [-0.25, -0.2) is 4.79 Å². The first-order valence-corrected chi connectivity index (χ1v) is 5.05. The van der Waals surface area contributed by atoms with Gasteiger partial charge in [-0.15, -0.1) is 0 Å². The van der Waals surface area contributed by atoms with Gasteiger partial charge in [0, 0.05) is 0 Å². The molecular weight excluding hydrogens is 228 g/mol. The molecule has 0 bridgehead atoms. The molecule has 4 heteroatoms. The summed E-state index contributed by atoms with van der Waals surface area (Å²) in [6.45, 7) is 1.89. The third-order valence-electron chi connectivity index (χ3n) is 2.05. The van der Waals surface area contributed by atoms with E-state index in [1.54, 1.807) is 12.1 Å². The minimum absolute atomic E-state index is 0.355. The highest BCUT2D eigenvalue weighted by Crippen LogP contribution is 2.26. The predicted octanol–water partition coefficient (Wildman–Crippen LogP) is 3.46. The lowest BCUT2D eigenvalue weighted by Gasteiger charge is -2.05. The van der Waals surface area contributed by atoms with Crippen LogP contribution in [0.4, 0.5) is 0 Å². The van der Waals surface area contributed by atoms with Crippen molar-refractivity contribution in [2.75, 3.05) is 0 Å². The van der Waals surface area contributed by atoms with E-state index in [9.17, 15) is 4.79 Å². The molecule has 1 heterocycles. The second kappa shape index (κ2) is 4.41. The first-order valence-electron chi connectivity index (χ1n) is 4.67. The fourth-order valence-corrected chi connectivity index (χ4v) is 1.38. The van der Waals surface area contributed by atoms with Crippen LogP contribution >= 0.6 is 11.6 Å². The van der Waals surface area contributed by atoms with Gasteiger partial charge < -0.3 is 9.15 Å². The molecule has 1 aromatic carbocycles. The van der Waals surface area contributed by atoms with Gasteiger partial charge in [0.15, 0.2) is 0 Å². The van der Waals surface area contributed by atoms with E-state index in [1.165, 1.54) is 18.6 Å². The number of esters is 1. The van der Waals surface area contributed by atoms with E-state index in [1.807, 2.05) is 13.0 Å². The fraction of sp³-hybridized carbons (Fsp3) is 0.0833. The number of hydrogen-bond donors (Lipinski definition) is 0. The molecule has 0 spiro atoms. The van der Waals surface area contributed by atoms with Crippen LogP contribution in [0.25, 0.3) is 0 Å². The molecule has 2 aromatic rings. The molecule has 0 unspecified atom stereocenters. The Labute approximate surface area is 97.6 Å². The van der Waals surface area contributed by atoms with E-state index in [-0.39, 0.29) is 0 Å². The molecule has 0 saturated heterocycles. The van der Waals surface area contributed by atoms with Crippen molar-refractivity contribution < 1.29 is 13.9 Å². The Morgan fingerprint density at radius 3 is 2.88 bits per heavy atom. The number of carbonyl (C=O) groups is 1. The van der Waals surface area contributed by atoms with Crippen molar-refractivity contribution >= 4 is 17.6 Å². The summed E-state index contributed by atoms with van der Waals surface area (Å²) in [6, 6.07) is 6.78. The van der Waals surface area contributed by atoms with E-state index in [2.05, 4.69) is 0 Å². The van der Waals surface area contributed by atoms with Crippen LogP contribution in [0.1, 0.15) is 15.9 Å². The van der Waals surface area contributed by atoms with Gasteiger partial charge in [-0.3, -0.25) is 0 Å². The molecule has 0 N–H and O–H groups in total. The molecule has 16 heavy (non-hydrogen) atoms. The summed E-state index contributed by atoms with van der Waals surface area (Å²) >= 11 is 5.90. The molecule has 0 saturated carbocycles. The Balaban J connectivity index is 2.21. The molecule has 0 aliphatic carbocycles. The van der Waals surface area contributed by atoms with Crippen LogP contribution < -0.4 is 4.74 Å². The Morgan fingerprint density at radius 1 is 1.38 bits per heavy atom. The summed E-state index contributed by atoms with van der Waals surface area (Å²) in [5, 5.41) is 0.405. The zero-order chi connectivity index (χ0) is 11.5. The fourth-order valence-electron chi connectivity index (χ4n) is 1.23. The maximum Gasteiger partial charge on any atom is 0.346 e. The first kappa shape index (κ1) is 10.8. The van der Waals surface area contributed by atoms with Gasteiger partial charge in [0.2, 0.25) is 0 Å². The van der Waals surface area contributed by atoms with Gasteiger partial charge in [-0.05, 0) is 30.7 Å². The lowest BCUT2D eigenvalue weighted by atomic mass is 10.2. The molecule has 0 radical (unpaired) electrons. The maximum atomic E-state index is 11.6. The summed E-state index contributed by atoms with van der Waals surface area (Å²) in [7, 11) is 0. The van der Waals surface area contributed by atoms with Crippen LogP contribution in [0.5, 0.6) is 5.75 Å². The quantitative estimate of drug-likeness (QED) is 0.592. The van der Waals surface area contributed by atoms with Gasteiger partial charge >= 0.3 is 5.97 Å². The highest BCUT2D eigenvalue weighted by molar-refractivity contribution is 6.32. The number of carbonyl (C=O) groups excluding carboxylic acids is 1. The van der Waals surface area contributed by atoms with Crippen molar-refractivity contribution in [3.05, 3.63) is 52.9 Å². The summed E-state index contributed by atoms with van der Waals surface area (Å²) in [5.41, 5.74) is 1.33. The molecule has 2 rings (SSSR count). The van der Waals surface area contributed by atoms with Crippen molar-refractivity contribution in [3.8, 4) is 5.75 Å². The summed E-state index contributed by atoms with van der Waals surface area (Å²) in [4.78, 5) is 11.6. The number of hydrogen-bond acceptors (Lipinski definition) is 3. The van der Waals surface area contributed by atoms with E-state index >= 15 is 0 Å². The molecule has 0 aliphatic rings. The minimum Gasteiger partial charge on any atom is -0.472 e. The van der Waals surface area contributed by atoms with Crippen LogP contribution in [-0.2, 0) is 0 Å². The van der Waals surface area contributed by atoms with Crippen molar-refractivity contribution in [2.45, 2.75) is 6.92 Å². The van der Waals surface area contributed by atoms with E-state index in [4.69, 9.17) is 20.8 Å². The Bertz CT molecular complexity index is 503. The molecule has 0 amide bonds. The number of ether oxygens (including phenoxy) is 1. The number of aryl methyl sites for hydroxylation is 1. The molecule has 0 atom stereocenters. The van der Waals surface area contributed by atoms with Crippen LogP contribution in [0.2, 0.25) is 5.02 Å². The molecule has 82 valence electrons. The first-order chi connectivity index (χ1) is 7.66. The number of furan rings is 1. The average Bonchev–Trinajstić information content (AvgIpc) is 2.76. The van der Waals surface area contributed by atoms with Crippen LogP contribution in [0.3, 0.4) is 0 Å². The molecule has 3 nitrogen and oxygen atoms in total. The topological polar surface area (TPSA) is 39.4 Å². The van der Waals surface area contributed by atoms with Gasteiger partial charge in [-0.2, -0.15) is 0 Å². The third kappa shape index (κ3) is 2.25. The second-order valence-corrected chi connectivity index (χ2v) is 3.74. The van der Waals surface area contributed by atoms with Gasteiger partial charge in [-0.1, -0.05) is 17.7 Å².